The zero-order chi connectivity index (χ0) is 21.5. The van der Waals surface area contributed by atoms with E-state index < -0.39 is 6.09 Å². The van der Waals surface area contributed by atoms with Crippen LogP contribution in [-0.2, 0) is 4.74 Å². The van der Waals surface area contributed by atoms with E-state index >= 15 is 0 Å². The maximum atomic E-state index is 11.0. The number of ether oxygens (including phenoxy) is 3. The Hall–Kier alpha value is -3.14. The molecular weight excluding hydrogens is 390 g/mol. The van der Waals surface area contributed by atoms with Gasteiger partial charge in [-0.05, 0) is 19.9 Å². The zero-order valence-corrected chi connectivity index (χ0v) is 17.4. The standard InChI is InChI=1S/C20H27N5O5/c1-13-18(24-16-4-5-17(23-14(16)2)29-11-10-28-3)21-12-22-19(13)30-15-6-8-25(9-7-15)20(26)27/h4-5,12,15H,6-11H2,1-3H3,(H,26,27)(H,21,22,24). The molecule has 0 spiro atoms. The summed E-state index contributed by atoms with van der Waals surface area (Å²) in [6.07, 6.45) is 1.74. The number of anilines is 2. The van der Waals surface area contributed by atoms with E-state index in [0.717, 1.165) is 16.9 Å². The monoisotopic (exact) mass is 417 g/mol. The fourth-order valence-corrected chi connectivity index (χ4v) is 3.11. The molecule has 0 aromatic carbocycles. The average Bonchev–Trinajstić information content (AvgIpc) is 2.73. The van der Waals surface area contributed by atoms with Crippen LogP contribution >= 0.6 is 0 Å². The van der Waals surface area contributed by atoms with Crippen molar-refractivity contribution in [3.63, 3.8) is 0 Å². The van der Waals surface area contributed by atoms with Gasteiger partial charge in [0.15, 0.2) is 0 Å². The highest BCUT2D eigenvalue weighted by Gasteiger charge is 2.24. The van der Waals surface area contributed by atoms with Crippen LogP contribution in [0.5, 0.6) is 11.8 Å². The molecule has 1 aliphatic rings. The average molecular weight is 417 g/mol. The van der Waals surface area contributed by atoms with Crippen molar-refractivity contribution >= 4 is 17.6 Å². The maximum absolute atomic E-state index is 11.0. The van der Waals surface area contributed by atoms with Crippen molar-refractivity contribution in [2.45, 2.75) is 32.8 Å². The molecule has 2 aromatic rings. The van der Waals surface area contributed by atoms with Crippen LogP contribution < -0.4 is 14.8 Å². The Morgan fingerprint density at radius 1 is 1.23 bits per heavy atom. The molecule has 1 saturated heterocycles. The van der Waals surface area contributed by atoms with Crippen LogP contribution in [-0.4, -0.2) is 70.6 Å². The van der Waals surface area contributed by atoms with E-state index in [1.54, 1.807) is 13.2 Å². The van der Waals surface area contributed by atoms with Crippen LogP contribution in [0, 0.1) is 13.8 Å². The summed E-state index contributed by atoms with van der Waals surface area (Å²) >= 11 is 0. The topological polar surface area (TPSA) is 119 Å². The van der Waals surface area contributed by atoms with Crippen LogP contribution in [0.3, 0.4) is 0 Å². The Labute approximate surface area is 175 Å². The summed E-state index contributed by atoms with van der Waals surface area (Å²) in [5.74, 6) is 1.65. The van der Waals surface area contributed by atoms with E-state index in [9.17, 15) is 4.79 Å². The van der Waals surface area contributed by atoms with Gasteiger partial charge in [-0.2, -0.15) is 0 Å². The first-order valence-electron chi connectivity index (χ1n) is 9.80. The second-order valence-electron chi connectivity index (χ2n) is 6.99. The second-order valence-corrected chi connectivity index (χ2v) is 6.99. The Balaban J connectivity index is 1.64. The van der Waals surface area contributed by atoms with E-state index in [1.807, 2.05) is 19.9 Å². The van der Waals surface area contributed by atoms with Crippen molar-refractivity contribution in [2.75, 3.05) is 38.7 Å². The minimum absolute atomic E-state index is 0.0750. The van der Waals surface area contributed by atoms with Gasteiger partial charge in [-0.1, -0.05) is 0 Å². The molecule has 0 aliphatic carbocycles. The molecule has 0 unspecified atom stereocenters. The van der Waals surface area contributed by atoms with E-state index in [4.69, 9.17) is 19.3 Å². The Bertz CT molecular complexity index is 871. The molecule has 2 aromatic heterocycles. The largest absolute Gasteiger partial charge is 0.475 e. The molecule has 1 amide bonds. The smallest absolute Gasteiger partial charge is 0.407 e. The molecule has 1 aliphatic heterocycles. The number of likely N-dealkylation sites (tertiary alicyclic amines) is 1. The van der Waals surface area contributed by atoms with Gasteiger partial charge in [0.2, 0.25) is 11.8 Å². The molecular formula is C20H27N5O5. The lowest BCUT2D eigenvalue weighted by Gasteiger charge is -2.30. The fourth-order valence-electron chi connectivity index (χ4n) is 3.11. The number of hydrogen-bond donors (Lipinski definition) is 2. The molecule has 3 rings (SSSR count). The van der Waals surface area contributed by atoms with Crippen LogP contribution in [0.15, 0.2) is 18.5 Å². The maximum Gasteiger partial charge on any atom is 0.407 e. The quantitative estimate of drug-likeness (QED) is 0.625. The summed E-state index contributed by atoms with van der Waals surface area (Å²) in [5, 5.41) is 12.3. The normalized spacial score (nSPS) is 14.4. The van der Waals surface area contributed by atoms with Crippen molar-refractivity contribution in [2.24, 2.45) is 0 Å². The van der Waals surface area contributed by atoms with Crippen LogP contribution in [0.1, 0.15) is 24.1 Å². The molecule has 0 bridgehead atoms. The van der Waals surface area contributed by atoms with Crippen molar-refractivity contribution in [3.05, 3.63) is 29.7 Å². The number of carbonyl (C=O) groups is 1. The van der Waals surface area contributed by atoms with Gasteiger partial charge in [-0.15, -0.1) is 0 Å². The molecule has 0 radical (unpaired) electrons. The summed E-state index contributed by atoms with van der Waals surface area (Å²) in [4.78, 5) is 25.5. The summed E-state index contributed by atoms with van der Waals surface area (Å²) in [6.45, 7) is 5.62. The third kappa shape index (κ3) is 5.47. The number of rotatable bonds is 8. The Morgan fingerprint density at radius 2 is 2.00 bits per heavy atom. The van der Waals surface area contributed by atoms with Crippen LogP contribution in [0.4, 0.5) is 16.3 Å². The van der Waals surface area contributed by atoms with Gasteiger partial charge in [-0.25, -0.2) is 19.7 Å². The van der Waals surface area contributed by atoms with Gasteiger partial charge in [0.05, 0.1) is 23.6 Å². The molecule has 30 heavy (non-hydrogen) atoms. The predicted octanol–water partition coefficient (Wildman–Crippen LogP) is 2.78. The van der Waals surface area contributed by atoms with Crippen molar-refractivity contribution in [1.82, 2.24) is 19.9 Å². The third-order valence-corrected chi connectivity index (χ3v) is 4.88. The lowest BCUT2D eigenvalue weighted by Crippen LogP contribution is -2.41. The minimum Gasteiger partial charge on any atom is -0.475 e. The highest BCUT2D eigenvalue weighted by molar-refractivity contribution is 5.65. The molecule has 1 fully saturated rings. The summed E-state index contributed by atoms with van der Waals surface area (Å²) < 4.78 is 16.5. The van der Waals surface area contributed by atoms with Crippen molar-refractivity contribution in [3.8, 4) is 11.8 Å². The highest BCUT2D eigenvalue weighted by Crippen LogP contribution is 2.28. The lowest BCUT2D eigenvalue weighted by atomic mass is 10.1. The fraction of sp³-hybridized carbons (Fsp3) is 0.500. The number of piperidine rings is 1. The van der Waals surface area contributed by atoms with E-state index in [1.165, 1.54) is 11.2 Å². The molecule has 3 heterocycles. The summed E-state index contributed by atoms with van der Waals surface area (Å²) in [6, 6.07) is 3.67. The van der Waals surface area contributed by atoms with Gasteiger partial charge >= 0.3 is 6.09 Å². The number of hydrogen-bond acceptors (Lipinski definition) is 8. The highest BCUT2D eigenvalue weighted by atomic mass is 16.5. The SMILES string of the molecule is COCCOc1ccc(Nc2ncnc(OC3CCN(C(=O)O)CC3)c2C)c(C)n1. The Kier molecular flexibility index (Phi) is 7.23. The molecule has 0 atom stereocenters. The van der Waals surface area contributed by atoms with Gasteiger partial charge in [-0.3, -0.25) is 0 Å². The molecule has 2 N–H and O–H groups in total. The third-order valence-electron chi connectivity index (χ3n) is 4.88. The van der Waals surface area contributed by atoms with Crippen molar-refractivity contribution in [1.29, 1.82) is 0 Å². The Morgan fingerprint density at radius 3 is 2.67 bits per heavy atom. The first-order valence-corrected chi connectivity index (χ1v) is 9.80. The van der Waals surface area contributed by atoms with Gasteiger partial charge in [0.1, 0.15) is 24.9 Å². The van der Waals surface area contributed by atoms with E-state index in [0.29, 0.717) is 56.7 Å². The van der Waals surface area contributed by atoms with Gasteiger partial charge < -0.3 is 29.5 Å². The summed E-state index contributed by atoms with van der Waals surface area (Å²) in [5.41, 5.74) is 2.35. The first-order chi connectivity index (χ1) is 14.5. The number of nitrogens with zero attached hydrogens (tertiary/aromatic N) is 4. The molecule has 10 nitrogen and oxygen atoms in total. The minimum atomic E-state index is -0.891. The summed E-state index contributed by atoms with van der Waals surface area (Å²) in [7, 11) is 1.62. The first kappa shape index (κ1) is 21.6. The number of pyridine rings is 1. The van der Waals surface area contributed by atoms with Gasteiger partial charge in [0, 0.05) is 39.1 Å². The molecule has 10 heteroatoms. The van der Waals surface area contributed by atoms with Gasteiger partial charge in [0.25, 0.3) is 0 Å². The molecule has 0 saturated carbocycles. The van der Waals surface area contributed by atoms with E-state index in [2.05, 4.69) is 20.3 Å². The number of aromatic nitrogens is 3. The van der Waals surface area contributed by atoms with Crippen LogP contribution in [0.25, 0.3) is 0 Å². The number of aryl methyl sites for hydroxylation is 1. The number of amides is 1. The predicted molar refractivity (Wildman–Crippen MR) is 110 cm³/mol. The van der Waals surface area contributed by atoms with Crippen molar-refractivity contribution < 1.29 is 24.1 Å². The lowest BCUT2D eigenvalue weighted by molar-refractivity contribution is 0.0866. The second kappa shape index (κ2) is 10.1. The number of methoxy groups -OCH3 is 1. The van der Waals surface area contributed by atoms with E-state index in [-0.39, 0.29) is 6.10 Å². The number of nitrogens with one attached hydrogen (secondary N) is 1. The zero-order valence-electron chi connectivity index (χ0n) is 17.4. The van der Waals surface area contributed by atoms with Crippen LogP contribution in [0.2, 0.25) is 0 Å². The number of carboxylic acid groups (broad SMARTS) is 1. The molecule has 162 valence electrons.